The minimum Gasteiger partial charge on any atom is -0.506 e. The second kappa shape index (κ2) is 8.75. The molecule has 3 aromatic rings. The smallest absolute Gasteiger partial charge is 0.145 e. The first-order chi connectivity index (χ1) is 13.1. The Kier molecular flexibility index (Phi) is 6.16. The Morgan fingerprint density at radius 1 is 1.11 bits per heavy atom. The number of unbranched alkanes of at least 4 members (excludes halogenated alkanes) is 1. The standard InChI is InChI=1S/C21H28N4O2/c1-4-6-7-15(5-2)14-22-16-8-11-20(21(26)12-16)25-23-18-10-9-17(27-3)13-19(18)24-25/h8-13,15,22,26H,4-7,14H2,1-3H3. The zero-order valence-electron chi connectivity index (χ0n) is 16.3. The largest absolute Gasteiger partial charge is 0.506 e. The first-order valence-corrected chi connectivity index (χ1v) is 9.63. The lowest BCUT2D eigenvalue weighted by Crippen LogP contribution is -2.13. The van der Waals surface area contributed by atoms with E-state index in [9.17, 15) is 5.11 Å². The van der Waals surface area contributed by atoms with Gasteiger partial charge in [-0.25, -0.2) is 0 Å². The van der Waals surface area contributed by atoms with Crippen molar-refractivity contribution in [3.8, 4) is 17.2 Å². The highest BCUT2D eigenvalue weighted by Gasteiger charge is 2.11. The van der Waals surface area contributed by atoms with Crippen LogP contribution in [0.15, 0.2) is 36.4 Å². The van der Waals surface area contributed by atoms with Gasteiger partial charge < -0.3 is 15.2 Å². The van der Waals surface area contributed by atoms with E-state index in [1.165, 1.54) is 24.1 Å². The average Bonchev–Trinajstić information content (AvgIpc) is 3.11. The van der Waals surface area contributed by atoms with Crippen LogP contribution in [0.5, 0.6) is 11.5 Å². The van der Waals surface area contributed by atoms with Crippen LogP contribution in [0, 0.1) is 5.92 Å². The van der Waals surface area contributed by atoms with Gasteiger partial charge in [0.1, 0.15) is 28.2 Å². The van der Waals surface area contributed by atoms with Crippen LogP contribution in [0.1, 0.15) is 39.5 Å². The van der Waals surface area contributed by atoms with Crippen LogP contribution in [-0.2, 0) is 0 Å². The Morgan fingerprint density at radius 2 is 1.93 bits per heavy atom. The average molecular weight is 368 g/mol. The summed E-state index contributed by atoms with van der Waals surface area (Å²) in [4.78, 5) is 1.46. The minimum atomic E-state index is 0.147. The summed E-state index contributed by atoms with van der Waals surface area (Å²) in [6.07, 6.45) is 4.87. The zero-order valence-corrected chi connectivity index (χ0v) is 16.3. The highest BCUT2D eigenvalue weighted by atomic mass is 16.5. The molecule has 6 heteroatoms. The van der Waals surface area contributed by atoms with Crippen molar-refractivity contribution >= 4 is 16.7 Å². The Balaban J connectivity index is 1.74. The number of ether oxygens (including phenoxy) is 1. The molecule has 27 heavy (non-hydrogen) atoms. The molecule has 0 aliphatic carbocycles. The van der Waals surface area contributed by atoms with Gasteiger partial charge in [-0.3, -0.25) is 0 Å². The second-order valence-electron chi connectivity index (χ2n) is 6.84. The van der Waals surface area contributed by atoms with E-state index in [4.69, 9.17) is 4.74 Å². The number of phenolic OH excluding ortho intramolecular Hbond substituents is 1. The van der Waals surface area contributed by atoms with Gasteiger partial charge in [-0.1, -0.05) is 33.1 Å². The monoisotopic (exact) mass is 368 g/mol. The molecule has 0 radical (unpaired) electrons. The predicted octanol–water partition coefficient (Wildman–Crippen LogP) is 4.76. The van der Waals surface area contributed by atoms with Crippen LogP contribution in [-0.4, -0.2) is 33.8 Å². The van der Waals surface area contributed by atoms with Crippen molar-refractivity contribution in [3.63, 3.8) is 0 Å². The summed E-state index contributed by atoms with van der Waals surface area (Å²) in [6.45, 7) is 5.37. The number of nitrogens with zero attached hydrogens (tertiary/aromatic N) is 3. The van der Waals surface area contributed by atoms with Crippen LogP contribution < -0.4 is 10.1 Å². The van der Waals surface area contributed by atoms with E-state index < -0.39 is 0 Å². The molecule has 0 saturated carbocycles. The first kappa shape index (κ1) is 19.0. The molecule has 3 rings (SSSR count). The van der Waals surface area contributed by atoms with Gasteiger partial charge >= 0.3 is 0 Å². The summed E-state index contributed by atoms with van der Waals surface area (Å²) in [5.41, 5.74) is 2.93. The molecule has 0 aliphatic rings. The number of benzene rings is 2. The molecule has 0 bridgehead atoms. The molecule has 1 aromatic heterocycles. The lowest BCUT2D eigenvalue weighted by molar-refractivity contribution is 0.415. The Hall–Kier alpha value is -2.76. The molecule has 1 heterocycles. The number of hydrogen-bond donors (Lipinski definition) is 2. The third-order valence-corrected chi connectivity index (χ3v) is 4.92. The van der Waals surface area contributed by atoms with Crippen LogP contribution >= 0.6 is 0 Å². The number of aromatic nitrogens is 3. The number of nitrogens with one attached hydrogen (secondary N) is 1. The number of hydrogen-bond acceptors (Lipinski definition) is 5. The van der Waals surface area contributed by atoms with Crippen molar-refractivity contribution in [2.24, 2.45) is 5.92 Å². The van der Waals surface area contributed by atoms with Gasteiger partial charge in [0.15, 0.2) is 0 Å². The number of aromatic hydroxyl groups is 1. The third-order valence-electron chi connectivity index (χ3n) is 4.92. The summed E-state index contributed by atoms with van der Waals surface area (Å²) in [5, 5.41) is 22.8. The van der Waals surface area contributed by atoms with E-state index in [2.05, 4.69) is 29.4 Å². The summed E-state index contributed by atoms with van der Waals surface area (Å²) in [7, 11) is 1.62. The van der Waals surface area contributed by atoms with Crippen LogP contribution in [0.4, 0.5) is 5.69 Å². The Labute approximate surface area is 160 Å². The van der Waals surface area contributed by atoms with Gasteiger partial charge in [-0.15, -0.1) is 15.0 Å². The lowest BCUT2D eigenvalue weighted by Gasteiger charge is -2.16. The van der Waals surface area contributed by atoms with E-state index in [0.717, 1.165) is 35.4 Å². The molecular weight excluding hydrogens is 340 g/mol. The molecule has 0 fully saturated rings. The normalized spacial score (nSPS) is 12.3. The number of anilines is 1. The van der Waals surface area contributed by atoms with Gasteiger partial charge in [-0.05, 0) is 36.6 Å². The van der Waals surface area contributed by atoms with Crippen molar-refractivity contribution in [1.29, 1.82) is 0 Å². The predicted molar refractivity (Wildman–Crippen MR) is 109 cm³/mol. The molecule has 144 valence electrons. The SMILES string of the molecule is CCCCC(CC)CNc1ccc(-n2nc3ccc(OC)cc3n2)c(O)c1. The van der Waals surface area contributed by atoms with Crippen LogP contribution in [0.2, 0.25) is 0 Å². The molecule has 0 saturated heterocycles. The Morgan fingerprint density at radius 3 is 2.63 bits per heavy atom. The first-order valence-electron chi connectivity index (χ1n) is 9.63. The van der Waals surface area contributed by atoms with E-state index in [-0.39, 0.29) is 5.75 Å². The fourth-order valence-corrected chi connectivity index (χ4v) is 3.14. The molecule has 0 amide bonds. The molecule has 1 unspecified atom stereocenters. The summed E-state index contributed by atoms with van der Waals surface area (Å²) in [6, 6.07) is 11.0. The third kappa shape index (κ3) is 4.51. The number of fused-ring (bicyclic) bond motifs is 1. The maximum atomic E-state index is 10.5. The maximum absolute atomic E-state index is 10.5. The zero-order chi connectivity index (χ0) is 19.2. The molecular formula is C21H28N4O2. The van der Waals surface area contributed by atoms with Crippen molar-refractivity contribution < 1.29 is 9.84 Å². The van der Waals surface area contributed by atoms with Gasteiger partial charge in [0.2, 0.25) is 0 Å². The van der Waals surface area contributed by atoms with E-state index in [1.807, 2.05) is 30.3 Å². The van der Waals surface area contributed by atoms with E-state index in [0.29, 0.717) is 11.6 Å². The van der Waals surface area contributed by atoms with Crippen molar-refractivity contribution in [3.05, 3.63) is 36.4 Å². The maximum Gasteiger partial charge on any atom is 0.145 e. The summed E-state index contributed by atoms with van der Waals surface area (Å²) < 4.78 is 5.22. The fourth-order valence-electron chi connectivity index (χ4n) is 3.14. The van der Waals surface area contributed by atoms with Gasteiger partial charge in [-0.2, -0.15) is 0 Å². The molecule has 0 aliphatic heterocycles. The number of rotatable bonds is 9. The molecule has 0 spiro atoms. The molecule has 6 nitrogen and oxygen atoms in total. The highest BCUT2D eigenvalue weighted by Crippen LogP contribution is 2.27. The summed E-state index contributed by atoms with van der Waals surface area (Å²) in [5.74, 6) is 1.53. The van der Waals surface area contributed by atoms with Gasteiger partial charge in [0, 0.05) is 24.4 Å². The van der Waals surface area contributed by atoms with Crippen LogP contribution in [0.25, 0.3) is 16.7 Å². The molecule has 2 N–H and O–H groups in total. The highest BCUT2D eigenvalue weighted by molar-refractivity contribution is 5.76. The Bertz CT molecular complexity index is 891. The van der Waals surface area contributed by atoms with Crippen molar-refractivity contribution in [1.82, 2.24) is 15.0 Å². The fraction of sp³-hybridized carbons (Fsp3) is 0.429. The second-order valence-corrected chi connectivity index (χ2v) is 6.84. The van der Waals surface area contributed by atoms with Crippen molar-refractivity contribution in [2.75, 3.05) is 19.0 Å². The lowest BCUT2D eigenvalue weighted by atomic mass is 9.99. The van der Waals surface area contributed by atoms with Gasteiger partial charge in [0.05, 0.1) is 7.11 Å². The topological polar surface area (TPSA) is 72.2 Å². The van der Waals surface area contributed by atoms with Crippen molar-refractivity contribution in [2.45, 2.75) is 39.5 Å². The molecule has 1 atom stereocenters. The number of methoxy groups -OCH3 is 1. The van der Waals surface area contributed by atoms with Crippen LogP contribution in [0.3, 0.4) is 0 Å². The summed E-state index contributed by atoms with van der Waals surface area (Å²) >= 11 is 0. The minimum absolute atomic E-state index is 0.147. The molecule has 2 aromatic carbocycles. The van der Waals surface area contributed by atoms with Gasteiger partial charge in [0.25, 0.3) is 0 Å². The number of phenols is 1. The quantitative estimate of drug-likeness (QED) is 0.569. The van der Waals surface area contributed by atoms with E-state index in [1.54, 1.807) is 13.2 Å². The van der Waals surface area contributed by atoms with E-state index >= 15 is 0 Å².